The molecule has 3 rings (SSSR count). The number of fused-ring (bicyclic) bond motifs is 3. The zero-order chi connectivity index (χ0) is 17.0. The Hall–Kier alpha value is -0.640. The third-order valence-electron chi connectivity index (χ3n) is 7.59. The first kappa shape index (κ1) is 17.2. The fourth-order valence-corrected chi connectivity index (χ4v) is 5.98. The van der Waals surface area contributed by atoms with Gasteiger partial charge in [-0.2, -0.15) is 0 Å². The molecule has 3 heteroatoms. The van der Waals surface area contributed by atoms with Gasteiger partial charge >= 0.3 is 0 Å². The monoisotopic (exact) mass is 320 g/mol. The predicted molar refractivity (Wildman–Crippen MR) is 91.8 cm³/mol. The van der Waals surface area contributed by atoms with Gasteiger partial charge in [-0.15, -0.1) is 6.58 Å². The van der Waals surface area contributed by atoms with Gasteiger partial charge in [0.2, 0.25) is 0 Å². The first-order valence-corrected chi connectivity index (χ1v) is 9.00. The van der Waals surface area contributed by atoms with Crippen molar-refractivity contribution in [1.82, 2.24) is 0 Å². The molecule has 0 spiro atoms. The largest absolute Gasteiger partial charge is 0.396 e. The summed E-state index contributed by atoms with van der Waals surface area (Å²) in [5, 5.41) is 31.0. The van der Waals surface area contributed by atoms with E-state index in [1.165, 1.54) is 5.57 Å². The van der Waals surface area contributed by atoms with Gasteiger partial charge in [0, 0.05) is 5.41 Å². The average molecular weight is 320 g/mol. The van der Waals surface area contributed by atoms with Crippen LogP contribution in [0.3, 0.4) is 0 Å². The minimum Gasteiger partial charge on any atom is -0.396 e. The van der Waals surface area contributed by atoms with E-state index in [4.69, 9.17) is 0 Å². The first-order chi connectivity index (χ1) is 10.7. The van der Waals surface area contributed by atoms with Crippen molar-refractivity contribution in [3.63, 3.8) is 0 Å². The molecule has 0 aromatic carbocycles. The van der Waals surface area contributed by atoms with Crippen LogP contribution in [0.4, 0.5) is 0 Å². The van der Waals surface area contributed by atoms with E-state index in [0.29, 0.717) is 12.3 Å². The molecule has 0 amide bonds. The Kier molecular flexibility index (Phi) is 4.06. The smallest absolute Gasteiger partial charge is 0.0877 e. The molecule has 3 nitrogen and oxygen atoms in total. The van der Waals surface area contributed by atoms with E-state index in [2.05, 4.69) is 32.6 Å². The van der Waals surface area contributed by atoms with Crippen LogP contribution >= 0.6 is 0 Å². The highest BCUT2D eigenvalue weighted by Crippen LogP contribution is 2.63. The van der Waals surface area contributed by atoms with Crippen molar-refractivity contribution >= 4 is 0 Å². The van der Waals surface area contributed by atoms with Gasteiger partial charge < -0.3 is 15.3 Å². The third kappa shape index (κ3) is 2.35. The number of allylic oxidation sites excluding steroid dienone is 3. The molecule has 2 fully saturated rings. The minimum atomic E-state index is -0.845. The fraction of sp³-hybridized carbons (Fsp3) is 0.800. The van der Waals surface area contributed by atoms with Crippen molar-refractivity contribution < 1.29 is 15.3 Å². The molecule has 0 saturated heterocycles. The van der Waals surface area contributed by atoms with E-state index in [1.54, 1.807) is 0 Å². The summed E-state index contributed by atoms with van der Waals surface area (Å²) in [6.45, 7) is 10.4. The molecule has 2 saturated carbocycles. The Labute approximate surface area is 140 Å². The topological polar surface area (TPSA) is 60.7 Å². The lowest BCUT2D eigenvalue weighted by Gasteiger charge is -2.61. The highest BCUT2D eigenvalue weighted by Gasteiger charge is 2.60. The molecule has 3 N–H and O–H groups in total. The summed E-state index contributed by atoms with van der Waals surface area (Å²) >= 11 is 0. The van der Waals surface area contributed by atoms with Crippen molar-refractivity contribution in [2.24, 2.45) is 28.1 Å². The maximum absolute atomic E-state index is 10.5. The Morgan fingerprint density at radius 1 is 1.30 bits per heavy atom. The summed E-state index contributed by atoms with van der Waals surface area (Å²) in [5.41, 5.74) is 0.996. The van der Waals surface area contributed by atoms with Crippen molar-refractivity contribution in [2.75, 3.05) is 6.61 Å². The Bertz CT molecular complexity index is 527. The summed E-state index contributed by atoms with van der Waals surface area (Å²) in [4.78, 5) is 0. The van der Waals surface area contributed by atoms with Gasteiger partial charge in [-0.05, 0) is 54.8 Å². The molecule has 0 unspecified atom stereocenters. The van der Waals surface area contributed by atoms with Crippen LogP contribution in [-0.2, 0) is 0 Å². The molecule has 0 aromatic heterocycles. The molecular weight excluding hydrogens is 288 g/mol. The molecule has 0 aromatic rings. The van der Waals surface area contributed by atoms with Crippen LogP contribution in [0.25, 0.3) is 0 Å². The highest BCUT2D eigenvalue weighted by molar-refractivity contribution is 5.26. The van der Waals surface area contributed by atoms with Gasteiger partial charge in [0.1, 0.15) is 0 Å². The molecular formula is C20H32O3. The molecule has 3 aliphatic carbocycles. The average Bonchev–Trinajstić information content (AvgIpc) is 2.52. The lowest BCUT2D eigenvalue weighted by atomic mass is 9.44. The highest BCUT2D eigenvalue weighted by atomic mass is 16.3. The number of hydrogen-bond acceptors (Lipinski definition) is 3. The summed E-state index contributed by atoms with van der Waals surface area (Å²) in [6, 6.07) is 0. The van der Waals surface area contributed by atoms with E-state index in [0.717, 1.165) is 25.7 Å². The molecule has 0 bridgehead atoms. The molecule has 130 valence electrons. The standard InChI is InChI=1S/C20H32O3/c1-5-18(2)9-8-14-13(10-18)6-7-16-19(14,3)11-15(22)17(23)20(16,4)12-21/h5-6,14-17,21-23H,1,7-12H2,2-4H3/t14-,15+,16-,17+,18+,19-,20-/m1/s1. The summed E-state index contributed by atoms with van der Waals surface area (Å²) < 4.78 is 0. The van der Waals surface area contributed by atoms with E-state index in [1.807, 2.05) is 6.92 Å². The predicted octanol–water partition coefficient (Wildman–Crippen LogP) is 3.06. The zero-order valence-corrected chi connectivity index (χ0v) is 14.8. The van der Waals surface area contributed by atoms with Crippen LogP contribution in [0, 0.1) is 28.1 Å². The van der Waals surface area contributed by atoms with E-state index in [-0.39, 0.29) is 23.4 Å². The molecule has 23 heavy (non-hydrogen) atoms. The van der Waals surface area contributed by atoms with E-state index in [9.17, 15) is 15.3 Å². The molecule has 7 atom stereocenters. The quantitative estimate of drug-likeness (QED) is 0.685. The lowest BCUT2D eigenvalue weighted by molar-refractivity contribution is -0.196. The van der Waals surface area contributed by atoms with Gasteiger partial charge in [-0.3, -0.25) is 0 Å². The normalized spacial score (nSPS) is 53.0. The zero-order valence-electron chi connectivity index (χ0n) is 14.8. The van der Waals surface area contributed by atoms with Crippen LogP contribution < -0.4 is 0 Å². The van der Waals surface area contributed by atoms with Crippen molar-refractivity contribution in [3.05, 3.63) is 24.3 Å². The fourth-order valence-electron chi connectivity index (χ4n) is 5.98. The van der Waals surface area contributed by atoms with Crippen LogP contribution in [0.15, 0.2) is 24.3 Å². The second kappa shape index (κ2) is 5.44. The van der Waals surface area contributed by atoms with Crippen molar-refractivity contribution in [1.29, 1.82) is 0 Å². The van der Waals surface area contributed by atoms with Crippen LogP contribution in [0.2, 0.25) is 0 Å². The second-order valence-electron chi connectivity index (χ2n) is 9.08. The van der Waals surface area contributed by atoms with Gasteiger partial charge in [-0.1, -0.05) is 38.5 Å². The first-order valence-electron chi connectivity index (χ1n) is 9.00. The van der Waals surface area contributed by atoms with Crippen LogP contribution in [0.5, 0.6) is 0 Å². The Morgan fingerprint density at radius 3 is 2.61 bits per heavy atom. The number of aliphatic hydroxyl groups excluding tert-OH is 3. The van der Waals surface area contributed by atoms with Crippen LogP contribution in [-0.4, -0.2) is 34.1 Å². The number of hydrogen-bond donors (Lipinski definition) is 3. The van der Waals surface area contributed by atoms with E-state index >= 15 is 0 Å². The van der Waals surface area contributed by atoms with Gasteiger partial charge in [0.15, 0.2) is 0 Å². The molecule has 3 aliphatic rings. The van der Waals surface area contributed by atoms with Gasteiger partial charge in [0.05, 0.1) is 18.8 Å². The second-order valence-corrected chi connectivity index (χ2v) is 9.08. The molecule has 0 heterocycles. The van der Waals surface area contributed by atoms with Crippen molar-refractivity contribution in [2.45, 2.75) is 65.1 Å². The SMILES string of the molecule is C=C[C@@]1(C)CC[C@@H]2C(=CC[C@@H]3[C@]2(C)C[C@H](O)[C@H](O)[C@]3(C)CO)C1. The maximum atomic E-state index is 10.5. The number of rotatable bonds is 2. The minimum absolute atomic E-state index is 0.0529. The lowest BCUT2D eigenvalue weighted by Crippen LogP contribution is -2.62. The molecule has 0 radical (unpaired) electrons. The third-order valence-corrected chi connectivity index (χ3v) is 7.59. The Morgan fingerprint density at radius 2 is 2.00 bits per heavy atom. The van der Waals surface area contributed by atoms with Crippen molar-refractivity contribution in [3.8, 4) is 0 Å². The summed E-state index contributed by atoms with van der Waals surface area (Å²) in [5.74, 6) is 0.655. The number of aliphatic hydroxyl groups is 3. The summed E-state index contributed by atoms with van der Waals surface area (Å²) in [7, 11) is 0. The van der Waals surface area contributed by atoms with E-state index < -0.39 is 17.6 Å². The van der Waals surface area contributed by atoms with Gasteiger partial charge in [0.25, 0.3) is 0 Å². The maximum Gasteiger partial charge on any atom is 0.0877 e. The molecule has 0 aliphatic heterocycles. The summed E-state index contributed by atoms with van der Waals surface area (Å²) in [6.07, 6.45) is 7.64. The Balaban J connectivity index is 2.00. The van der Waals surface area contributed by atoms with Crippen LogP contribution in [0.1, 0.15) is 52.9 Å². The van der Waals surface area contributed by atoms with Gasteiger partial charge in [-0.25, -0.2) is 0 Å².